The number of hydrogen-bond donors (Lipinski definition) is 1. The molecule has 0 bridgehead atoms. The molecule has 0 saturated heterocycles. The van der Waals surface area contributed by atoms with Crippen LogP contribution in [0.5, 0.6) is 0 Å². The predicted molar refractivity (Wildman–Crippen MR) is 71.9 cm³/mol. The average Bonchev–Trinajstić information content (AvgIpc) is 2.41. The molecule has 20 heavy (non-hydrogen) atoms. The van der Waals surface area contributed by atoms with Crippen LogP contribution in [0.2, 0.25) is 0 Å². The van der Waals surface area contributed by atoms with Gasteiger partial charge in [-0.25, -0.2) is 13.6 Å². The van der Waals surface area contributed by atoms with Crippen molar-refractivity contribution >= 4 is 11.7 Å². The quantitative estimate of drug-likeness (QED) is 0.932. The SMILES string of the molecule is CN(Cc1ccccc1)c1cc(F)c(C(=O)O)cc1F. The summed E-state index contributed by atoms with van der Waals surface area (Å²) in [6.45, 7) is 0.392. The fourth-order valence-electron chi connectivity index (χ4n) is 1.94. The van der Waals surface area contributed by atoms with Crippen molar-refractivity contribution in [3.05, 3.63) is 65.2 Å². The maximum absolute atomic E-state index is 13.9. The summed E-state index contributed by atoms with van der Waals surface area (Å²) in [5, 5.41) is 8.73. The number of aromatic carboxylic acids is 1. The van der Waals surface area contributed by atoms with Crippen LogP contribution in [0.4, 0.5) is 14.5 Å². The first-order chi connectivity index (χ1) is 9.49. The lowest BCUT2D eigenvalue weighted by atomic mass is 10.1. The first kappa shape index (κ1) is 14.0. The molecule has 0 heterocycles. The van der Waals surface area contributed by atoms with E-state index in [0.717, 1.165) is 11.6 Å². The van der Waals surface area contributed by atoms with Gasteiger partial charge in [0.05, 0.1) is 11.3 Å². The zero-order valence-corrected chi connectivity index (χ0v) is 10.8. The minimum atomic E-state index is -1.49. The van der Waals surface area contributed by atoms with Crippen LogP contribution in [0, 0.1) is 11.6 Å². The largest absolute Gasteiger partial charge is 0.478 e. The second-order valence-electron chi connectivity index (χ2n) is 4.43. The van der Waals surface area contributed by atoms with Crippen molar-refractivity contribution in [3.8, 4) is 0 Å². The smallest absolute Gasteiger partial charge is 0.338 e. The Morgan fingerprint density at radius 2 is 1.80 bits per heavy atom. The Balaban J connectivity index is 2.29. The molecule has 0 aliphatic rings. The van der Waals surface area contributed by atoms with Gasteiger partial charge in [-0.3, -0.25) is 0 Å². The lowest BCUT2D eigenvalue weighted by molar-refractivity contribution is 0.0691. The van der Waals surface area contributed by atoms with Crippen molar-refractivity contribution in [3.63, 3.8) is 0 Å². The van der Waals surface area contributed by atoms with Crippen LogP contribution in [0.15, 0.2) is 42.5 Å². The van der Waals surface area contributed by atoms with Crippen molar-refractivity contribution in [1.82, 2.24) is 0 Å². The van der Waals surface area contributed by atoms with Gasteiger partial charge in [-0.15, -0.1) is 0 Å². The molecule has 0 radical (unpaired) electrons. The number of carboxylic acid groups (broad SMARTS) is 1. The molecule has 2 rings (SSSR count). The summed E-state index contributed by atoms with van der Waals surface area (Å²) in [4.78, 5) is 12.3. The summed E-state index contributed by atoms with van der Waals surface area (Å²) in [5.41, 5.74) is 0.299. The van der Waals surface area contributed by atoms with Crippen LogP contribution < -0.4 is 4.90 Å². The Morgan fingerprint density at radius 3 is 2.40 bits per heavy atom. The highest BCUT2D eigenvalue weighted by molar-refractivity contribution is 5.88. The van der Waals surface area contributed by atoms with E-state index in [9.17, 15) is 13.6 Å². The normalized spacial score (nSPS) is 10.3. The number of hydrogen-bond acceptors (Lipinski definition) is 2. The summed E-state index contributed by atoms with van der Waals surface area (Å²) in [6, 6.07) is 10.9. The molecule has 0 unspecified atom stereocenters. The van der Waals surface area contributed by atoms with Crippen LogP contribution in [0.1, 0.15) is 15.9 Å². The molecule has 0 saturated carbocycles. The van der Waals surface area contributed by atoms with Crippen molar-refractivity contribution < 1.29 is 18.7 Å². The standard InChI is InChI=1S/C15H13F2NO2/c1-18(9-10-5-3-2-4-6-10)14-8-12(16)11(15(19)20)7-13(14)17/h2-8H,9H2,1H3,(H,19,20). The number of benzene rings is 2. The van der Waals surface area contributed by atoms with Crippen molar-refractivity contribution in [2.24, 2.45) is 0 Å². The molecule has 5 heteroatoms. The molecule has 0 aliphatic heterocycles. The van der Waals surface area contributed by atoms with Crippen molar-refractivity contribution in [2.45, 2.75) is 6.54 Å². The van der Waals surface area contributed by atoms with Gasteiger partial charge in [-0.2, -0.15) is 0 Å². The molecule has 2 aromatic carbocycles. The fraction of sp³-hybridized carbons (Fsp3) is 0.133. The minimum absolute atomic E-state index is 0.0244. The summed E-state index contributed by atoms with van der Waals surface area (Å²) < 4.78 is 27.5. The summed E-state index contributed by atoms with van der Waals surface area (Å²) in [5.74, 6) is -3.20. The minimum Gasteiger partial charge on any atom is -0.478 e. The van der Waals surface area contributed by atoms with E-state index in [1.807, 2.05) is 30.3 Å². The van der Waals surface area contributed by atoms with Crippen LogP contribution in [-0.4, -0.2) is 18.1 Å². The predicted octanol–water partition coefficient (Wildman–Crippen LogP) is 3.30. The summed E-state index contributed by atoms with van der Waals surface area (Å²) in [7, 11) is 1.62. The molecular formula is C15H13F2NO2. The summed E-state index contributed by atoms with van der Waals surface area (Å²) >= 11 is 0. The maximum Gasteiger partial charge on any atom is 0.338 e. The zero-order chi connectivity index (χ0) is 14.7. The second kappa shape index (κ2) is 5.69. The number of halogens is 2. The molecular weight excluding hydrogens is 264 g/mol. The lowest BCUT2D eigenvalue weighted by Gasteiger charge is -2.20. The Bertz CT molecular complexity index is 629. The van der Waals surface area contributed by atoms with E-state index in [0.29, 0.717) is 12.6 Å². The van der Waals surface area contributed by atoms with Gasteiger partial charge < -0.3 is 10.0 Å². The maximum atomic E-state index is 13.9. The van der Waals surface area contributed by atoms with E-state index in [4.69, 9.17) is 5.11 Å². The Hall–Kier alpha value is -2.43. The molecule has 0 spiro atoms. The van der Waals surface area contributed by atoms with Gasteiger partial charge in [-0.05, 0) is 11.6 Å². The zero-order valence-electron chi connectivity index (χ0n) is 10.8. The number of rotatable bonds is 4. The number of carboxylic acids is 1. The fourth-order valence-corrected chi connectivity index (χ4v) is 1.94. The molecule has 0 aromatic heterocycles. The first-order valence-electron chi connectivity index (χ1n) is 5.96. The van der Waals surface area contributed by atoms with Crippen LogP contribution in [0.3, 0.4) is 0 Å². The highest BCUT2D eigenvalue weighted by Gasteiger charge is 2.17. The Morgan fingerprint density at radius 1 is 1.15 bits per heavy atom. The van der Waals surface area contributed by atoms with Gasteiger partial charge in [-0.1, -0.05) is 30.3 Å². The van der Waals surface area contributed by atoms with Crippen molar-refractivity contribution in [1.29, 1.82) is 0 Å². The molecule has 104 valence electrons. The van der Waals surface area contributed by atoms with Gasteiger partial charge in [0, 0.05) is 19.7 Å². The highest BCUT2D eigenvalue weighted by Crippen LogP contribution is 2.23. The Kier molecular flexibility index (Phi) is 3.98. The van der Waals surface area contributed by atoms with Crippen LogP contribution in [-0.2, 0) is 6.54 Å². The third kappa shape index (κ3) is 2.93. The van der Waals surface area contributed by atoms with E-state index in [1.165, 1.54) is 4.90 Å². The lowest BCUT2D eigenvalue weighted by Crippen LogP contribution is -2.18. The van der Waals surface area contributed by atoms with E-state index in [1.54, 1.807) is 7.05 Å². The van der Waals surface area contributed by atoms with Gasteiger partial charge in [0.15, 0.2) is 0 Å². The van der Waals surface area contributed by atoms with Crippen molar-refractivity contribution in [2.75, 3.05) is 11.9 Å². The monoisotopic (exact) mass is 277 g/mol. The Labute approximate surface area is 115 Å². The van der Waals surface area contributed by atoms with Crippen LogP contribution in [0.25, 0.3) is 0 Å². The van der Waals surface area contributed by atoms with Gasteiger partial charge >= 0.3 is 5.97 Å². The third-order valence-corrected chi connectivity index (χ3v) is 2.94. The second-order valence-corrected chi connectivity index (χ2v) is 4.43. The molecule has 0 fully saturated rings. The van der Waals surface area contributed by atoms with Crippen LogP contribution >= 0.6 is 0 Å². The number of nitrogens with zero attached hydrogens (tertiary/aromatic N) is 1. The number of carbonyl (C=O) groups is 1. The molecule has 2 aromatic rings. The molecule has 1 N–H and O–H groups in total. The third-order valence-electron chi connectivity index (χ3n) is 2.94. The number of anilines is 1. The molecule has 3 nitrogen and oxygen atoms in total. The topological polar surface area (TPSA) is 40.5 Å². The first-order valence-corrected chi connectivity index (χ1v) is 5.96. The molecule has 0 aliphatic carbocycles. The van der Waals surface area contributed by atoms with E-state index in [-0.39, 0.29) is 5.69 Å². The van der Waals surface area contributed by atoms with E-state index in [2.05, 4.69) is 0 Å². The average molecular weight is 277 g/mol. The highest BCUT2D eigenvalue weighted by atomic mass is 19.1. The van der Waals surface area contributed by atoms with Gasteiger partial charge in [0.2, 0.25) is 0 Å². The summed E-state index contributed by atoms with van der Waals surface area (Å²) in [6.07, 6.45) is 0. The van der Waals surface area contributed by atoms with E-state index >= 15 is 0 Å². The van der Waals surface area contributed by atoms with E-state index < -0.39 is 23.2 Å². The molecule has 0 atom stereocenters. The molecule has 0 amide bonds. The van der Waals surface area contributed by atoms with Gasteiger partial charge in [0.25, 0.3) is 0 Å². The van der Waals surface area contributed by atoms with Gasteiger partial charge in [0.1, 0.15) is 11.6 Å².